The smallest absolute Gasteiger partial charge is 0.161 e. The third-order valence-corrected chi connectivity index (χ3v) is 10.1. The Morgan fingerprint density at radius 2 is 0.849 bits per heavy atom. The van der Waals surface area contributed by atoms with E-state index in [0.717, 1.165) is 83.0 Å². The molecule has 10 rings (SSSR count). The van der Waals surface area contributed by atoms with Crippen LogP contribution >= 0.6 is 0 Å². The van der Waals surface area contributed by atoms with Crippen molar-refractivity contribution in [3.05, 3.63) is 194 Å². The fourth-order valence-corrected chi connectivity index (χ4v) is 7.49. The van der Waals surface area contributed by atoms with Gasteiger partial charge in [0.05, 0.1) is 11.4 Å². The topological polar surface area (TPSA) is 38.9 Å². The summed E-state index contributed by atoms with van der Waals surface area (Å²) in [6, 6.07) is 68.1. The number of furan rings is 1. The Balaban J connectivity index is 1.22. The van der Waals surface area contributed by atoms with E-state index in [2.05, 4.69) is 176 Å². The summed E-state index contributed by atoms with van der Waals surface area (Å²) >= 11 is 0. The standard InChI is InChI=1S/C50H32N2O/c1-3-13-33(14-4-1)34-25-27-35(28-26-34)38-29-39(42-21-12-24-48-49(42)44-20-9-10-23-47(44)53-48)31-40(30-38)46-32-45(37-16-5-2-6-17-37)51-50(52-46)43-22-11-18-36-15-7-8-19-41(36)43/h1-32H. The molecule has 0 atom stereocenters. The number of nitrogens with zero attached hydrogens (tertiary/aromatic N) is 2. The number of hydrogen-bond donors (Lipinski definition) is 0. The molecular formula is C50H32N2O. The van der Waals surface area contributed by atoms with Gasteiger partial charge in [0.25, 0.3) is 0 Å². The van der Waals surface area contributed by atoms with E-state index in [-0.39, 0.29) is 0 Å². The van der Waals surface area contributed by atoms with Crippen LogP contribution in [0.1, 0.15) is 0 Å². The van der Waals surface area contributed by atoms with Crippen LogP contribution in [0.4, 0.5) is 0 Å². The fourth-order valence-electron chi connectivity index (χ4n) is 7.49. The zero-order valence-corrected chi connectivity index (χ0v) is 28.8. The molecule has 0 bridgehead atoms. The van der Waals surface area contributed by atoms with Crippen LogP contribution in [0.5, 0.6) is 0 Å². The van der Waals surface area contributed by atoms with E-state index in [1.807, 2.05) is 18.2 Å². The minimum absolute atomic E-state index is 0.695. The van der Waals surface area contributed by atoms with Gasteiger partial charge < -0.3 is 4.42 Å². The van der Waals surface area contributed by atoms with E-state index >= 15 is 0 Å². The van der Waals surface area contributed by atoms with Crippen LogP contribution in [0.15, 0.2) is 199 Å². The lowest BCUT2D eigenvalue weighted by molar-refractivity contribution is 0.669. The average molecular weight is 677 g/mol. The number of hydrogen-bond acceptors (Lipinski definition) is 3. The molecule has 0 saturated heterocycles. The van der Waals surface area contributed by atoms with Crippen LogP contribution in [0.25, 0.3) is 100.0 Å². The first-order valence-corrected chi connectivity index (χ1v) is 17.9. The summed E-state index contributed by atoms with van der Waals surface area (Å²) in [6.07, 6.45) is 0. The maximum absolute atomic E-state index is 6.34. The fraction of sp³-hybridized carbons (Fsp3) is 0. The van der Waals surface area contributed by atoms with Gasteiger partial charge in [0.1, 0.15) is 11.2 Å². The Morgan fingerprint density at radius 1 is 0.321 bits per heavy atom. The van der Waals surface area contributed by atoms with Gasteiger partial charge in [0, 0.05) is 27.5 Å². The molecule has 0 amide bonds. The molecule has 0 unspecified atom stereocenters. The summed E-state index contributed by atoms with van der Waals surface area (Å²) in [4.78, 5) is 10.5. The molecule has 8 aromatic carbocycles. The van der Waals surface area contributed by atoms with Crippen molar-refractivity contribution >= 4 is 32.7 Å². The van der Waals surface area contributed by atoms with Crippen molar-refractivity contribution in [2.75, 3.05) is 0 Å². The third-order valence-electron chi connectivity index (χ3n) is 10.1. The van der Waals surface area contributed by atoms with E-state index in [1.165, 1.54) is 11.1 Å². The molecule has 248 valence electrons. The van der Waals surface area contributed by atoms with Crippen LogP contribution < -0.4 is 0 Å². The molecule has 0 saturated carbocycles. The van der Waals surface area contributed by atoms with Crippen molar-refractivity contribution in [2.24, 2.45) is 0 Å². The van der Waals surface area contributed by atoms with E-state index < -0.39 is 0 Å². The lowest BCUT2D eigenvalue weighted by Crippen LogP contribution is -1.97. The predicted octanol–water partition coefficient (Wildman–Crippen LogP) is 13.5. The van der Waals surface area contributed by atoms with Crippen molar-refractivity contribution in [1.82, 2.24) is 9.97 Å². The van der Waals surface area contributed by atoms with Gasteiger partial charge in [0.2, 0.25) is 0 Å². The highest BCUT2D eigenvalue weighted by molar-refractivity contribution is 6.12. The van der Waals surface area contributed by atoms with Gasteiger partial charge in [-0.1, -0.05) is 158 Å². The first-order valence-electron chi connectivity index (χ1n) is 17.9. The van der Waals surface area contributed by atoms with Crippen molar-refractivity contribution in [1.29, 1.82) is 0 Å². The molecule has 53 heavy (non-hydrogen) atoms. The zero-order chi connectivity index (χ0) is 35.1. The minimum atomic E-state index is 0.695. The lowest BCUT2D eigenvalue weighted by atomic mass is 9.92. The maximum atomic E-state index is 6.34. The maximum Gasteiger partial charge on any atom is 0.161 e. The molecule has 0 N–H and O–H groups in total. The molecule has 3 heteroatoms. The van der Waals surface area contributed by atoms with Crippen LogP contribution in [0.3, 0.4) is 0 Å². The summed E-state index contributed by atoms with van der Waals surface area (Å²) in [6.45, 7) is 0. The van der Waals surface area contributed by atoms with Gasteiger partial charge in [0.15, 0.2) is 5.82 Å². The van der Waals surface area contributed by atoms with Crippen molar-refractivity contribution in [3.8, 4) is 67.3 Å². The second kappa shape index (κ2) is 12.9. The molecule has 2 aromatic heterocycles. The Morgan fingerprint density at radius 3 is 1.64 bits per heavy atom. The predicted molar refractivity (Wildman–Crippen MR) is 219 cm³/mol. The highest BCUT2D eigenvalue weighted by Gasteiger charge is 2.17. The van der Waals surface area contributed by atoms with Gasteiger partial charge in [-0.25, -0.2) is 9.97 Å². The van der Waals surface area contributed by atoms with E-state index in [1.54, 1.807) is 0 Å². The third kappa shape index (κ3) is 5.65. The van der Waals surface area contributed by atoms with Crippen molar-refractivity contribution in [3.63, 3.8) is 0 Å². The molecule has 0 fully saturated rings. The van der Waals surface area contributed by atoms with Crippen LogP contribution in [0.2, 0.25) is 0 Å². The molecule has 0 spiro atoms. The quantitative estimate of drug-likeness (QED) is 0.176. The summed E-state index contributed by atoms with van der Waals surface area (Å²) < 4.78 is 6.34. The summed E-state index contributed by atoms with van der Waals surface area (Å²) in [5, 5.41) is 4.49. The zero-order valence-electron chi connectivity index (χ0n) is 28.8. The number of rotatable bonds is 6. The molecule has 0 aliphatic heterocycles. The molecule has 0 radical (unpaired) electrons. The first kappa shape index (κ1) is 30.7. The second-order valence-corrected chi connectivity index (χ2v) is 13.4. The Labute approximate surface area is 307 Å². The molecule has 3 nitrogen and oxygen atoms in total. The molecule has 0 aliphatic carbocycles. The van der Waals surface area contributed by atoms with E-state index in [9.17, 15) is 0 Å². The monoisotopic (exact) mass is 676 g/mol. The number of fused-ring (bicyclic) bond motifs is 4. The van der Waals surface area contributed by atoms with Crippen LogP contribution in [-0.2, 0) is 0 Å². The number of para-hydroxylation sites is 1. The highest BCUT2D eigenvalue weighted by atomic mass is 16.3. The van der Waals surface area contributed by atoms with Crippen LogP contribution in [0, 0.1) is 0 Å². The normalized spacial score (nSPS) is 11.4. The lowest BCUT2D eigenvalue weighted by Gasteiger charge is -2.14. The Hall–Kier alpha value is -7.10. The van der Waals surface area contributed by atoms with E-state index in [0.29, 0.717) is 5.82 Å². The Bertz CT molecular complexity index is 2920. The molecule has 10 aromatic rings. The summed E-state index contributed by atoms with van der Waals surface area (Å²) in [5.74, 6) is 0.695. The van der Waals surface area contributed by atoms with E-state index in [4.69, 9.17) is 14.4 Å². The van der Waals surface area contributed by atoms with Gasteiger partial charge in [-0.15, -0.1) is 0 Å². The van der Waals surface area contributed by atoms with Gasteiger partial charge in [-0.05, 0) is 80.6 Å². The van der Waals surface area contributed by atoms with Crippen LogP contribution in [-0.4, -0.2) is 9.97 Å². The number of aromatic nitrogens is 2. The van der Waals surface area contributed by atoms with Crippen molar-refractivity contribution < 1.29 is 4.42 Å². The molecule has 2 heterocycles. The first-order chi connectivity index (χ1) is 26.2. The Kier molecular flexibility index (Phi) is 7.47. The average Bonchev–Trinajstić information content (AvgIpc) is 3.63. The summed E-state index contributed by atoms with van der Waals surface area (Å²) in [7, 11) is 0. The van der Waals surface area contributed by atoms with Gasteiger partial charge in [-0.2, -0.15) is 0 Å². The SMILES string of the molecule is c1ccc(-c2ccc(-c3cc(-c4cc(-c5ccccc5)nc(-c5cccc6ccccc56)n4)cc(-c4cccc5oc6ccccc6c45)c3)cc2)cc1. The number of benzene rings is 8. The largest absolute Gasteiger partial charge is 0.456 e. The molecular weight excluding hydrogens is 645 g/mol. The highest BCUT2D eigenvalue weighted by Crippen LogP contribution is 2.41. The van der Waals surface area contributed by atoms with Crippen molar-refractivity contribution in [2.45, 2.75) is 0 Å². The summed E-state index contributed by atoms with van der Waals surface area (Å²) in [5.41, 5.74) is 13.4. The van der Waals surface area contributed by atoms with Gasteiger partial charge in [-0.3, -0.25) is 0 Å². The van der Waals surface area contributed by atoms with Gasteiger partial charge >= 0.3 is 0 Å². The minimum Gasteiger partial charge on any atom is -0.456 e. The molecule has 0 aliphatic rings. The second-order valence-electron chi connectivity index (χ2n) is 13.4.